The highest BCUT2D eigenvalue weighted by Crippen LogP contribution is 2.34. The summed E-state index contributed by atoms with van der Waals surface area (Å²) in [6.07, 6.45) is -0.850. The number of hydrazine groups is 1. The molecule has 0 radical (unpaired) electrons. The molecule has 2 aliphatic rings. The summed E-state index contributed by atoms with van der Waals surface area (Å²) >= 11 is 1.71. The van der Waals surface area contributed by atoms with Crippen molar-refractivity contribution in [3.63, 3.8) is 0 Å². The number of nitrogens with zero attached hydrogens (tertiary/aromatic N) is 1. The molecule has 0 spiro atoms. The molecule has 2 aromatic rings. The lowest BCUT2D eigenvalue weighted by molar-refractivity contribution is -0.135. The third-order valence-corrected chi connectivity index (χ3v) is 5.76. The van der Waals surface area contributed by atoms with Gasteiger partial charge in [0.2, 0.25) is 17.9 Å². The van der Waals surface area contributed by atoms with Crippen molar-refractivity contribution in [1.29, 1.82) is 0 Å². The standard InChI is InChI=1S/C21H21N3O5S/c25-19(9-10-20(26)24-11-12-30-18-8-4-1-5-14(18)24)22-23-21(27)17-13-28-15-6-2-3-7-16(15)29-17/h1-8,17H,9-13H2,(H,22,25)(H,23,27). The molecule has 0 bridgehead atoms. The number of hydrogen-bond acceptors (Lipinski definition) is 6. The van der Waals surface area contributed by atoms with Crippen molar-refractivity contribution in [3.05, 3.63) is 48.5 Å². The van der Waals surface area contributed by atoms with Crippen molar-refractivity contribution in [2.24, 2.45) is 0 Å². The molecule has 3 amide bonds. The first-order valence-corrected chi connectivity index (χ1v) is 10.6. The first-order chi connectivity index (χ1) is 14.6. The second-order valence-corrected chi connectivity index (χ2v) is 7.90. The van der Waals surface area contributed by atoms with Crippen molar-refractivity contribution in [3.8, 4) is 11.5 Å². The number of para-hydroxylation sites is 3. The fourth-order valence-corrected chi connectivity index (χ4v) is 4.20. The second-order valence-electron chi connectivity index (χ2n) is 6.76. The van der Waals surface area contributed by atoms with Gasteiger partial charge >= 0.3 is 0 Å². The molecular formula is C21H21N3O5S. The summed E-state index contributed by atoms with van der Waals surface area (Å²) in [5, 5.41) is 0. The summed E-state index contributed by atoms with van der Waals surface area (Å²) in [6, 6.07) is 14.8. The monoisotopic (exact) mass is 427 g/mol. The zero-order chi connectivity index (χ0) is 20.9. The fraction of sp³-hybridized carbons (Fsp3) is 0.286. The van der Waals surface area contributed by atoms with Crippen LogP contribution in [0.1, 0.15) is 12.8 Å². The summed E-state index contributed by atoms with van der Waals surface area (Å²) in [5.41, 5.74) is 5.54. The topological polar surface area (TPSA) is 97.0 Å². The molecule has 0 aliphatic carbocycles. The number of fused-ring (bicyclic) bond motifs is 2. The Hall–Kier alpha value is -3.20. The Bertz CT molecular complexity index is 967. The van der Waals surface area contributed by atoms with Crippen LogP contribution in [0.15, 0.2) is 53.4 Å². The number of carbonyl (C=O) groups is 3. The van der Waals surface area contributed by atoms with E-state index in [1.807, 2.05) is 30.3 Å². The highest BCUT2D eigenvalue weighted by atomic mass is 32.2. The van der Waals surface area contributed by atoms with Crippen LogP contribution in [-0.4, -0.2) is 42.7 Å². The molecule has 4 rings (SSSR count). The third kappa shape index (κ3) is 4.51. The van der Waals surface area contributed by atoms with Gasteiger partial charge in [0.25, 0.3) is 5.91 Å². The number of benzene rings is 2. The molecule has 0 saturated carbocycles. The number of thioether (sulfide) groups is 1. The molecule has 1 unspecified atom stereocenters. The van der Waals surface area contributed by atoms with Crippen molar-refractivity contribution in [1.82, 2.24) is 10.9 Å². The Balaban J connectivity index is 1.23. The Morgan fingerprint density at radius 3 is 2.63 bits per heavy atom. The highest BCUT2D eigenvalue weighted by molar-refractivity contribution is 7.99. The van der Waals surface area contributed by atoms with Gasteiger partial charge in [0.05, 0.1) is 5.69 Å². The Morgan fingerprint density at radius 2 is 1.77 bits per heavy atom. The van der Waals surface area contributed by atoms with Gasteiger partial charge in [0.15, 0.2) is 11.5 Å². The van der Waals surface area contributed by atoms with Gasteiger partial charge in [-0.15, -0.1) is 11.8 Å². The Morgan fingerprint density at radius 1 is 1.00 bits per heavy atom. The number of nitrogens with one attached hydrogen (secondary N) is 2. The van der Waals surface area contributed by atoms with E-state index < -0.39 is 17.9 Å². The lowest BCUT2D eigenvalue weighted by Crippen LogP contribution is -2.51. The van der Waals surface area contributed by atoms with Gasteiger partial charge in [-0.2, -0.15) is 0 Å². The third-order valence-electron chi connectivity index (χ3n) is 4.72. The van der Waals surface area contributed by atoms with E-state index in [4.69, 9.17) is 9.47 Å². The molecule has 2 aliphatic heterocycles. The van der Waals surface area contributed by atoms with Crippen LogP contribution < -0.4 is 25.2 Å². The normalized spacial score (nSPS) is 16.9. The minimum absolute atomic E-state index is 0.0320. The number of hydrogen-bond donors (Lipinski definition) is 2. The van der Waals surface area contributed by atoms with Crippen molar-refractivity contribution >= 4 is 35.2 Å². The smallest absolute Gasteiger partial charge is 0.283 e. The van der Waals surface area contributed by atoms with E-state index in [1.165, 1.54) is 0 Å². The largest absolute Gasteiger partial charge is 0.485 e. The summed E-state index contributed by atoms with van der Waals surface area (Å²) in [6.45, 7) is 0.656. The number of ether oxygens (including phenoxy) is 2. The molecule has 0 saturated heterocycles. The molecule has 30 heavy (non-hydrogen) atoms. The summed E-state index contributed by atoms with van der Waals surface area (Å²) in [4.78, 5) is 39.7. The van der Waals surface area contributed by atoms with E-state index in [0.29, 0.717) is 18.0 Å². The fourth-order valence-electron chi connectivity index (χ4n) is 3.21. The van der Waals surface area contributed by atoms with Crippen molar-refractivity contribution < 1.29 is 23.9 Å². The lowest BCUT2D eigenvalue weighted by Gasteiger charge is -2.29. The molecule has 0 fully saturated rings. The van der Waals surface area contributed by atoms with Crippen LogP contribution in [0.3, 0.4) is 0 Å². The van der Waals surface area contributed by atoms with Gasteiger partial charge in [-0.25, -0.2) is 0 Å². The van der Waals surface area contributed by atoms with E-state index in [1.54, 1.807) is 34.9 Å². The van der Waals surface area contributed by atoms with Gasteiger partial charge in [-0.05, 0) is 24.3 Å². The molecule has 8 nitrogen and oxygen atoms in total. The van der Waals surface area contributed by atoms with E-state index >= 15 is 0 Å². The van der Waals surface area contributed by atoms with Gasteiger partial charge in [-0.1, -0.05) is 24.3 Å². The molecule has 2 aromatic carbocycles. The molecule has 0 aromatic heterocycles. The zero-order valence-corrected chi connectivity index (χ0v) is 16.9. The number of rotatable bonds is 4. The van der Waals surface area contributed by atoms with Crippen LogP contribution >= 0.6 is 11.8 Å². The van der Waals surface area contributed by atoms with Crippen LogP contribution in [0.2, 0.25) is 0 Å². The van der Waals surface area contributed by atoms with E-state index in [2.05, 4.69) is 10.9 Å². The van der Waals surface area contributed by atoms with Crippen molar-refractivity contribution in [2.45, 2.75) is 23.8 Å². The minimum atomic E-state index is -0.871. The predicted octanol–water partition coefficient (Wildman–Crippen LogP) is 1.89. The first kappa shape index (κ1) is 20.1. The maximum absolute atomic E-state index is 12.6. The van der Waals surface area contributed by atoms with E-state index in [9.17, 15) is 14.4 Å². The molecule has 156 valence electrons. The Labute approximate surface area is 177 Å². The van der Waals surface area contributed by atoms with Crippen LogP contribution in [-0.2, 0) is 14.4 Å². The maximum Gasteiger partial charge on any atom is 0.283 e. The average molecular weight is 427 g/mol. The number of anilines is 1. The minimum Gasteiger partial charge on any atom is -0.485 e. The van der Waals surface area contributed by atoms with Crippen LogP contribution in [0.5, 0.6) is 11.5 Å². The first-order valence-electron chi connectivity index (χ1n) is 9.61. The molecule has 1 atom stereocenters. The molecule has 2 heterocycles. The van der Waals surface area contributed by atoms with Crippen LogP contribution in [0, 0.1) is 0 Å². The zero-order valence-electron chi connectivity index (χ0n) is 16.1. The van der Waals surface area contributed by atoms with E-state index in [0.717, 1.165) is 16.3 Å². The number of carbonyl (C=O) groups excluding carboxylic acids is 3. The molecule has 9 heteroatoms. The highest BCUT2D eigenvalue weighted by Gasteiger charge is 2.28. The summed E-state index contributed by atoms with van der Waals surface area (Å²) in [7, 11) is 0. The molecule has 2 N–H and O–H groups in total. The molecular weight excluding hydrogens is 406 g/mol. The average Bonchev–Trinajstić information content (AvgIpc) is 2.80. The summed E-state index contributed by atoms with van der Waals surface area (Å²) < 4.78 is 11.1. The van der Waals surface area contributed by atoms with Crippen LogP contribution in [0.25, 0.3) is 0 Å². The summed E-state index contributed by atoms with van der Waals surface area (Å²) in [5.74, 6) is 0.768. The predicted molar refractivity (Wildman–Crippen MR) is 111 cm³/mol. The lowest BCUT2D eigenvalue weighted by atomic mass is 10.2. The van der Waals surface area contributed by atoms with E-state index in [-0.39, 0.29) is 25.4 Å². The maximum atomic E-state index is 12.6. The van der Waals surface area contributed by atoms with Gasteiger partial charge in [0, 0.05) is 30.0 Å². The van der Waals surface area contributed by atoms with Gasteiger partial charge in [-0.3, -0.25) is 25.2 Å². The SMILES string of the molecule is O=C(CCC(=O)N1CCSc2ccccc21)NNC(=O)C1COc2ccccc2O1. The van der Waals surface area contributed by atoms with Gasteiger partial charge < -0.3 is 14.4 Å². The van der Waals surface area contributed by atoms with Crippen LogP contribution in [0.4, 0.5) is 5.69 Å². The number of amides is 3. The van der Waals surface area contributed by atoms with Gasteiger partial charge in [0.1, 0.15) is 6.61 Å². The second kappa shape index (κ2) is 9.08. The van der Waals surface area contributed by atoms with Crippen molar-refractivity contribution in [2.75, 3.05) is 23.8 Å². The Kier molecular flexibility index (Phi) is 6.08. The quantitative estimate of drug-likeness (QED) is 0.724.